The Morgan fingerprint density at radius 3 is 2.87 bits per heavy atom. The maximum atomic E-state index is 5.99. The van der Waals surface area contributed by atoms with Crippen LogP contribution in [0.25, 0.3) is 0 Å². The maximum Gasteiger partial charge on any atom is 0.191 e. The highest BCUT2D eigenvalue weighted by Crippen LogP contribution is 2.11. The molecular weight excluding hydrogens is 328 g/mol. The topological polar surface area (TPSA) is 49.3 Å². The number of hydrogen-bond donors (Lipinski definition) is 2. The molecular formula is C17H23ClN4S. The number of guanidine groups is 1. The zero-order valence-electron chi connectivity index (χ0n) is 13.6. The summed E-state index contributed by atoms with van der Waals surface area (Å²) >= 11 is 7.73. The molecule has 2 rings (SSSR count). The van der Waals surface area contributed by atoms with Gasteiger partial charge in [-0.2, -0.15) is 0 Å². The molecule has 124 valence electrons. The predicted octanol–water partition coefficient (Wildman–Crippen LogP) is 3.79. The molecule has 0 unspecified atom stereocenters. The van der Waals surface area contributed by atoms with Gasteiger partial charge in [-0.25, -0.2) is 4.98 Å². The Morgan fingerprint density at radius 2 is 2.17 bits per heavy atom. The van der Waals surface area contributed by atoms with Gasteiger partial charge in [0.15, 0.2) is 5.96 Å². The summed E-state index contributed by atoms with van der Waals surface area (Å²) in [5, 5.41) is 10.7. The second-order valence-corrected chi connectivity index (χ2v) is 6.70. The molecule has 0 aliphatic carbocycles. The Balaban J connectivity index is 1.63. The molecule has 0 saturated carbocycles. The van der Waals surface area contributed by atoms with E-state index in [1.807, 2.05) is 31.2 Å². The zero-order valence-corrected chi connectivity index (χ0v) is 15.2. The average molecular weight is 351 g/mol. The molecule has 4 nitrogen and oxygen atoms in total. The second-order valence-electron chi connectivity index (χ2n) is 5.32. The van der Waals surface area contributed by atoms with Crippen LogP contribution in [0.4, 0.5) is 0 Å². The van der Waals surface area contributed by atoms with Crippen LogP contribution >= 0.6 is 22.9 Å². The van der Waals surface area contributed by atoms with E-state index in [0.29, 0.717) is 6.54 Å². The minimum atomic E-state index is 0.707. The fourth-order valence-electron chi connectivity index (χ4n) is 2.18. The van der Waals surface area contributed by atoms with Gasteiger partial charge in [-0.1, -0.05) is 23.7 Å². The Kier molecular flexibility index (Phi) is 7.36. The fourth-order valence-corrected chi connectivity index (χ4v) is 3.21. The standard InChI is InChI=1S/C17H23ClN4S/c1-13-12-23-16(22-13)8-3-4-9-20-17(19-2)21-11-14-6-5-7-15(18)10-14/h5-7,10,12H,3-4,8-9,11H2,1-2H3,(H2,19,20,21). The van der Waals surface area contributed by atoms with Gasteiger partial charge in [0.1, 0.15) is 0 Å². The molecule has 0 aliphatic rings. The van der Waals surface area contributed by atoms with Crippen LogP contribution in [0.3, 0.4) is 0 Å². The van der Waals surface area contributed by atoms with Crippen LogP contribution in [0.1, 0.15) is 29.1 Å². The quantitative estimate of drug-likeness (QED) is 0.453. The van der Waals surface area contributed by atoms with E-state index in [0.717, 1.165) is 48.0 Å². The van der Waals surface area contributed by atoms with Crippen molar-refractivity contribution in [1.82, 2.24) is 15.6 Å². The highest BCUT2D eigenvalue weighted by atomic mass is 35.5. The number of aliphatic imine (C=N–C) groups is 1. The van der Waals surface area contributed by atoms with E-state index in [1.54, 1.807) is 18.4 Å². The van der Waals surface area contributed by atoms with Gasteiger partial charge in [-0.3, -0.25) is 4.99 Å². The molecule has 0 spiro atoms. The van der Waals surface area contributed by atoms with Gasteiger partial charge >= 0.3 is 0 Å². The highest BCUT2D eigenvalue weighted by Gasteiger charge is 2.01. The first-order chi connectivity index (χ1) is 11.2. The van der Waals surface area contributed by atoms with Gasteiger partial charge in [0, 0.05) is 36.2 Å². The van der Waals surface area contributed by atoms with E-state index in [9.17, 15) is 0 Å². The maximum absolute atomic E-state index is 5.99. The van der Waals surface area contributed by atoms with Crippen molar-refractivity contribution in [3.63, 3.8) is 0 Å². The molecule has 0 aliphatic heterocycles. The fraction of sp³-hybridized carbons (Fsp3) is 0.412. The van der Waals surface area contributed by atoms with Crippen LogP contribution in [0, 0.1) is 6.92 Å². The molecule has 0 bridgehead atoms. The van der Waals surface area contributed by atoms with E-state index in [-0.39, 0.29) is 0 Å². The largest absolute Gasteiger partial charge is 0.356 e. The minimum Gasteiger partial charge on any atom is -0.356 e. The Morgan fingerprint density at radius 1 is 1.30 bits per heavy atom. The van der Waals surface area contributed by atoms with E-state index >= 15 is 0 Å². The second kappa shape index (κ2) is 9.53. The van der Waals surface area contributed by atoms with Crippen molar-refractivity contribution >= 4 is 28.9 Å². The third-order valence-electron chi connectivity index (χ3n) is 3.35. The van der Waals surface area contributed by atoms with Crippen LogP contribution in [0.15, 0.2) is 34.6 Å². The molecule has 0 saturated heterocycles. The lowest BCUT2D eigenvalue weighted by Gasteiger charge is -2.12. The summed E-state index contributed by atoms with van der Waals surface area (Å²) in [6.45, 7) is 3.65. The van der Waals surface area contributed by atoms with E-state index in [2.05, 4.69) is 26.0 Å². The molecule has 2 aromatic rings. The number of aryl methyl sites for hydroxylation is 2. The van der Waals surface area contributed by atoms with Crippen molar-refractivity contribution in [2.75, 3.05) is 13.6 Å². The van der Waals surface area contributed by atoms with Crippen molar-refractivity contribution in [2.45, 2.75) is 32.7 Å². The van der Waals surface area contributed by atoms with Crippen LogP contribution in [0.5, 0.6) is 0 Å². The molecule has 6 heteroatoms. The summed E-state index contributed by atoms with van der Waals surface area (Å²) in [5.74, 6) is 0.815. The lowest BCUT2D eigenvalue weighted by molar-refractivity contribution is 0.692. The summed E-state index contributed by atoms with van der Waals surface area (Å²) in [4.78, 5) is 8.72. The molecule has 0 atom stereocenters. The predicted molar refractivity (Wildman–Crippen MR) is 99.4 cm³/mol. The number of unbranched alkanes of at least 4 members (excludes halogenated alkanes) is 1. The molecule has 0 fully saturated rings. The number of rotatable bonds is 7. The lowest BCUT2D eigenvalue weighted by Crippen LogP contribution is -2.37. The number of benzene rings is 1. The average Bonchev–Trinajstić information content (AvgIpc) is 2.95. The van der Waals surface area contributed by atoms with Gasteiger partial charge in [0.25, 0.3) is 0 Å². The van der Waals surface area contributed by atoms with Crippen LogP contribution in [-0.2, 0) is 13.0 Å². The zero-order chi connectivity index (χ0) is 16.5. The summed E-state index contributed by atoms with van der Waals surface area (Å²) in [5.41, 5.74) is 2.26. The van der Waals surface area contributed by atoms with Crippen molar-refractivity contribution in [3.8, 4) is 0 Å². The molecule has 23 heavy (non-hydrogen) atoms. The number of hydrogen-bond acceptors (Lipinski definition) is 3. The van der Waals surface area contributed by atoms with E-state index in [4.69, 9.17) is 11.6 Å². The number of halogens is 1. The third-order valence-corrected chi connectivity index (χ3v) is 4.61. The Hall–Kier alpha value is -1.59. The lowest BCUT2D eigenvalue weighted by atomic mass is 10.2. The van der Waals surface area contributed by atoms with Crippen LogP contribution in [-0.4, -0.2) is 24.5 Å². The monoisotopic (exact) mass is 350 g/mol. The Bertz CT molecular complexity index is 639. The van der Waals surface area contributed by atoms with Gasteiger partial charge in [-0.15, -0.1) is 11.3 Å². The molecule has 1 heterocycles. The number of aromatic nitrogens is 1. The van der Waals surface area contributed by atoms with Gasteiger partial charge < -0.3 is 10.6 Å². The molecule has 2 N–H and O–H groups in total. The summed E-state index contributed by atoms with van der Waals surface area (Å²) in [7, 11) is 1.78. The Labute approximate surface area is 147 Å². The molecule has 0 radical (unpaired) electrons. The van der Waals surface area contributed by atoms with Gasteiger partial charge in [0.2, 0.25) is 0 Å². The smallest absolute Gasteiger partial charge is 0.191 e. The minimum absolute atomic E-state index is 0.707. The van der Waals surface area contributed by atoms with Crippen LogP contribution in [0.2, 0.25) is 5.02 Å². The van der Waals surface area contributed by atoms with Gasteiger partial charge in [-0.05, 0) is 43.9 Å². The van der Waals surface area contributed by atoms with E-state index in [1.165, 1.54) is 5.01 Å². The van der Waals surface area contributed by atoms with Crippen molar-refractivity contribution in [1.29, 1.82) is 0 Å². The first kappa shape index (κ1) is 17.8. The third kappa shape index (κ3) is 6.59. The highest BCUT2D eigenvalue weighted by molar-refractivity contribution is 7.09. The molecule has 0 amide bonds. The number of nitrogens with zero attached hydrogens (tertiary/aromatic N) is 2. The van der Waals surface area contributed by atoms with Crippen molar-refractivity contribution in [2.24, 2.45) is 4.99 Å². The number of thiazole rings is 1. The molecule has 1 aromatic heterocycles. The number of nitrogens with one attached hydrogen (secondary N) is 2. The summed E-state index contributed by atoms with van der Waals surface area (Å²) in [6, 6.07) is 7.83. The van der Waals surface area contributed by atoms with Gasteiger partial charge in [0.05, 0.1) is 5.01 Å². The van der Waals surface area contributed by atoms with Crippen molar-refractivity contribution < 1.29 is 0 Å². The van der Waals surface area contributed by atoms with Crippen molar-refractivity contribution in [3.05, 3.63) is 50.9 Å². The summed E-state index contributed by atoms with van der Waals surface area (Å²) in [6.07, 6.45) is 3.27. The first-order valence-electron chi connectivity index (χ1n) is 7.77. The SMILES string of the molecule is CN=C(NCCCCc1nc(C)cs1)NCc1cccc(Cl)c1. The summed E-state index contributed by atoms with van der Waals surface area (Å²) < 4.78 is 0. The first-order valence-corrected chi connectivity index (χ1v) is 9.03. The van der Waals surface area contributed by atoms with E-state index < -0.39 is 0 Å². The van der Waals surface area contributed by atoms with Crippen LogP contribution < -0.4 is 10.6 Å². The molecule has 1 aromatic carbocycles. The normalized spacial score (nSPS) is 11.5.